The lowest BCUT2D eigenvalue weighted by Crippen LogP contribution is -2.41. The number of carbonyl (C=O) groups excluding carboxylic acids is 1. The van der Waals surface area contributed by atoms with E-state index >= 15 is 0 Å². The largest absolute Gasteiger partial charge is 0.497 e. The fraction of sp³-hybridized carbons (Fsp3) is 0.364. The number of H-pyrrole nitrogens is 1. The zero-order valence-electron chi connectivity index (χ0n) is 16.3. The molecule has 0 bridgehead atoms. The number of para-hydroxylation sites is 1. The molecule has 1 atom stereocenters. The van der Waals surface area contributed by atoms with Gasteiger partial charge in [0.05, 0.1) is 24.1 Å². The van der Waals surface area contributed by atoms with E-state index in [2.05, 4.69) is 9.97 Å². The first-order chi connectivity index (χ1) is 13.7. The van der Waals surface area contributed by atoms with Crippen LogP contribution in [-0.2, 0) is 17.6 Å². The van der Waals surface area contributed by atoms with Crippen LogP contribution in [0.2, 0.25) is 0 Å². The summed E-state index contributed by atoms with van der Waals surface area (Å²) in [7, 11) is 1.65. The number of ether oxygens (including phenoxy) is 2. The number of likely N-dealkylation sites (N-methyl/N-ethyl adjacent to an activating group) is 1. The molecule has 1 unspecified atom stereocenters. The minimum absolute atomic E-state index is 0.130. The Morgan fingerprint density at radius 3 is 3.00 bits per heavy atom. The van der Waals surface area contributed by atoms with Crippen molar-refractivity contribution >= 4 is 16.9 Å². The van der Waals surface area contributed by atoms with E-state index in [0.717, 1.165) is 40.3 Å². The molecular formula is C22H25N3O3. The lowest BCUT2D eigenvalue weighted by Gasteiger charge is -2.29. The van der Waals surface area contributed by atoms with Gasteiger partial charge in [0.2, 0.25) is 5.91 Å². The lowest BCUT2D eigenvalue weighted by molar-refractivity contribution is -0.136. The van der Waals surface area contributed by atoms with Crippen LogP contribution in [0.25, 0.3) is 11.0 Å². The number of aromatic nitrogens is 2. The molecule has 0 saturated heterocycles. The van der Waals surface area contributed by atoms with Gasteiger partial charge in [0.1, 0.15) is 23.9 Å². The smallest absolute Gasteiger partial charge is 0.229 e. The molecular weight excluding hydrogens is 354 g/mol. The molecule has 6 heteroatoms. The van der Waals surface area contributed by atoms with E-state index in [0.29, 0.717) is 26.1 Å². The van der Waals surface area contributed by atoms with Crippen molar-refractivity contribution in [2.24, 2.45) is 5.92 Å². The molecule has 0 saturated carbocycles. The number of amides is 1. The van der Waals surface area contributed by atoms with E-state index in [-0.39, 0.29) is 11.8 Å². The summed E-state index contributed by atoms with van der Waals surface area (Å²) in [5.74, 6) is 2.59. The normalized spacial score (nSPS) is 15.7. The molecule has 2 aromatic carbocycles. The van der Waals surface area contributed by atoms with Crippen LogP contribution in [0.4, 0.5) is 0 Å². The Kier molecular flexibility index (Phi) is 5.19. The zero-order chi connectivity index (χ0) is 19.5. The Morgan fingerprint density at radius 2 is 2.18 bits per heavy atom. The predicted octanol–water partition coefficient (Wildman–Crippen LogP) is 3.21. The number of aromatic amines is 1. The monoisotopic (exact) mass is 379 g/mol. The highest BCUT2D eigenvalue weighted by Crippen LogP contribution is 2.27. The summed E-state index contributed by atoms with van der Waals surface area (Å²) in [6, 6.07) is 13.7. The summed E-state index contributed by atoms with van der Waals surface area (Å²) in [5.41, 5.74) is 2.96. The maximum atomic E-state index is 13.0. The first-order valence-electron chi connectivity index (χ1n) is 9.70. The number of methoxy groups -OCH3 is 1. The Balaban J connectivity index is 1.41. The first-order valence-corrected chi connectivity index (χ1v) is 9.70. The molecule has 0 spiro atoms. The number of nitrogens with zero attached hydrogens (tertiary/aromatic N) is 2. The third kappa shape index (κ3) is 3.67. The highest BCUT2D eigenvalue weighted by molar-refractivity contribution is 5.80. The number of hydrogen-bond donors (Lipinski definition) is 1. The number of carbonyl (C=O) groups is 1. The summed E-state index contributed by atoms with van der Waals surface area (Å²) < 4.78 is 11.1. The molecule has 1 aliphatic rings. The van der Waals surface area contributed by atoms with Gasteiger partial charge in [-0.25, -0.2) is 4.98 Å². The van der Waals surface area contributed by atoms with Gasteiger partial charge in [-0.3, -0.25) is 4.79 Å². The third-order valence-corrected chi connectivity index (χ3v) is 5.28. The van der Waals surface area contributed by atoms with Gasteiger partial charge in [0.25, 0.3) is 0 Å². The molecule has 0 aliphatic carbocycles. The fourth-order valence-electron chi connectivity index (χ4n) is 3.70. The molecule has 28 heavy (non-hydrogen) atoms. The highest BCUT2D eigenvalue weighted by atomic mass is 16.5. The number of nitrogens with one attached hydrogen (secondary N) is 1. The van der Waals surface area contributed by atoms with Crippen molar-refractivity contribution in [1.29, 1.82) is 0 Å². The molecule has 2 heterocycles. The van der Waals surface area contributed by atoms with Crippen LogP contribution in [0, 0.1) is 5.92 Å². The number of imidazole rings is 1. The molecule has 6 nitrogen and oxygen atoms in total. The van der Waals surface area contributed by atoms with E-state index in [1.165, 1.54) is 0 Å². The standard InChI is InChI=1S/C22H25N3O3/c1-3-25(22(26)16-12-15-6-4-5-7-20(15)28-14-16)11-10-21-23-18-9-8-17(27-2)13-19(18)24-21/h4-9,13,16H,3,10-12,14H2,1-2H3,(H,23,24). The minimum atomic E-state index is -0.130. The SMILES string of the molecule is CCN(CCc1nc2ccc(OC)cc2[nH]1)C(=O)C1COc2ccccc2C1. The van der Waals surface area contributed by atoms with Crippen LogP contribution in [0.1, 0.15) is 18.3 Å². The lowest BCUT2D eigenvalue weighted by atomic mass is 9.95. The van der Waals surface area contributed by atoms with E-state index in [1.54, 1.807) is 7.11 Å². The van der Waals surface area contributed by atoms with Crippen molar-refractivity contribution in [3.63, 3.8) is 0 Å². The summed E-state index contributed by atoms with van der Waals surface area (Å²) in [6.07, 6.45) is 1.41. The maximum absolute atomic E-state index is 13.0. The Labute approximate surface area is 164 Å². The number of fused-ring (bicyclic) bond motifs is 2. The van der Waals surface area contributed by atoms with Gasteiger partial charge in [-0.1, -0.05) is 18.2 Å². The molecule has 146 valence electrons. The quantitative estimate of drug-likeness (QED) is 0.714. The van der Waals surface area contributed by atoms with Crippen molar-refractivity contribution < 1.29 is 14.3 Å². The Bertz CT molecular complexity index is 982. The topological polar surface area (TPSA) is 67.5 Å². The van der Waals surface area contributed by atoms with Gasteiger partial charge < -0.3 is 19.4 Å². The second kappa shape index (κ2) is 7.92. The predicted molar refractivity (Wildman–Crippen MR) is 108 cm³/mol. The second-order valence-electron chi connectivity index (χ2n) is 7.05. The van der Waals surface area contributed by atoms with Crippen molar-refractivity contribution in [1.82, 2.24) is 14.9 Å². The van der Waals surface area contributed by atoms with E-state index < -0.39 is 0 Å². The Morgan fingerprint density at radius 1 is 1.32 bits per heavy atom. The van der Waals surface area contributed by atoms with Crippen molar-refractivity contribution in [3.8, 4) is 11.5 Å². The molecule has 4 rings (SSSR count). The molecule has 0 fully saturated rings. The van der Waals surface area contributed by atoms with Crippen molar-refractivity contribution in [2.75, 3.05) is 26.8 Å². The molecule has 1 aliphatic heterocycles. The van der Waals surface area contributed by atoms with Crippen LogP contribution in [0.15, 0.2) is 42.5 Å². The fourth-order valence-corrected chi connectivity index (χ4v) is 3.70. The van der Waals surface area contributed by atoms with Crippen LogP contribution >= 0.6 is 0 Å². The summed E-state index contributed by atoms with van der Waals surface area (Å²) >= 11 is 0. The number of benzene rings is 2. The van der Waals surface area contributed by atoms with Crippen LogP contribution in [-0.4, -0.2) is 47.6 Å². The van der Waals surface area contributed by atoms with Crippen LogP contribution < -0.4 is 9.47 Å². The third-order valence-electron chi connectivity index (χ3n) is 5.28. The van der Waals surface area contributed by atoms with E-state index in [4.69, 9.17) is 9.47 Å². The van der Waals surface area contributed by atoms with Gasteiger partial charge in [0, 0.05) is 25.6 Å². The maximum Gasteiger partial charge on any atom is 0.229 e. The van der Waals surface area contributed by atoms with Crippen molar-refractivity contribution in [3.05, 3.63) is 53.9 Å². The van der Waals surface area contributed by atoms with E-state index in [1.807, 2.05) is 54.3 Å². The zero-order valence-corrected chi connectivity index (χ0v) is 16.3. The highest BCUT2D eigenvalue weighted by Gasteiger charge is 2.28. The van der Waals surface area contributed by atoms with E-state index in [9.17, 15) is 4.79 Å². The second-order valence-corrected chi connectivity index (χ2v) is 7.05. The minimum Gasteiger partial charge on any atom is -0.497 e. The Hall–Kier alpha value is -3.02. The van der Waals surface area contributed by atoms with Gasteiger partial charge >= 0.3 is 0 Å². The molecule has 1 aromatic heterocycles. The van der Waals surface area contributed by atoms with Gasteiger partial charge in [-0.05, 0) is 37.1 Å². The number of rotatable bonds is 6. The molecule has 1 amide bonds. The summed E-state index contributed by atoms with van der Waals surface area (Å²) in [6.45, 7) is 3.76. The number of hydrogen-bond acceptors (Lipinski definition) is 4. The van der Waals surface area contributed by atoms with Crippen LogP contribution in [0.3, 0.4) is 0 Å². The van der Waals surface area contributed by atoms with Crippen molar-refractivity contribution in [2.45, 2.75) is 19.8 Å². The summed E-state index contributed by atoms with van der Waals surface area (Å²) in [5, 5.41) is 0. The summed E-state index contributed by atoms with van der Waals surface area (Å²) in [4.78, 5) is 22.9. The molecule has 1 N–H and O–H groups in total. The van der Waals surface area contributed by atoms with Gasteiger partial charge in [-0.15, -0.1) is 0 Å². The molecule has 0 radical (unpaired) electrons. The van der Waals surface area contributed by atoms with Crippen LogP contribution in [0.5, 0.6) is 11.5 Å². The average molecular weight is 379 g/mol. The molecule has 3 aromatic rings. The average Bonchev–Trinajstić information content (AvgIpc) is 3.15. The van der Waals surface area contributed by atoms with Gasteiger partial charge in [-0.2, -0.15) is 0 Å². The first kappa shape index (κ1) is 18.3. The van der Waals surface area contributed by atoms with Gasteiger partial charge in [0.15, 0.2) is 0 Å².